The maximum absolute atomic E-state index is 8.89. The molecule has 0 aliphatic rings. The fraction of sp³-hybridized carbons (Fsp3) is 0.111. The lowest BCUT2D eigenvalue weighted by Crippen LogP contribution is -1.77. The zero-order valence-corrected chi connectivity index (χ0v) is 5.96. The average Bonchev–Trinajstić information content (AvgIpc) is 2.47. The molecule has 0 unspecified atom stereocenters. The second kappa shape index (κ2) is 2.40. The fourth-order valence-electron chi connectivity index (χ4n) is 1.20. The van der Waals surface area contributed by atoms with Crippen LogP contribution in [0.25, 0.3) is 10.9 Å². The Morgan fingerprint density at radius 1 is 1.55 bits per heavy atom. The van der Waals surface area contributed by atoms with Crippen LogP contribution >= 0.6 is 0 Å². The van der Waals surface area contributed by atoms with Crippen LogP contribution in [-0.2, 0) is 6.61 Å². The van der Waals surface area contributed by atoms with Crippen LogP contribution in [0.2, 0.25) is 0 Å². The van der Waals surface area contributed by atoms with E-state index in [1.54, 1.807) is 0 Å². The standard InChI is InChI=1S/C9H8NO/c11-6-7-5-10-9-4-2-1-3-8(7)9/h2-5,10-11H,6H2. The predicted octanol–water partition coefficient (Wildman–Crippen LogP) is 1.46. The third-order valence-corrected chi connectivity index (χ3v) is 1.78. The van der Waals surface area contributed by atoms with Gasteiger partial charge in [-0.05, 0) is 18.2 Å². The molecule has 0 atom stereocenters. The summed E-state index contributed by atoms with van der Waals surface area (Å²) in [4.78, 5) is 3.06. The Kier molecular flexibility index (Phi) is 1.40. The predicted molar refractivity (Wildman–Crippen MR) is 43.1 cm³/mol. The largest absolute Gasteiger partial charge is 0.392 e. The summed E-state index contributed by atoms with van der Waals surface area (Å²) >= 11 is 0. The van der Waals surface area contributed by atoms with Gasteiger partial charge >= 0.3 is 0 Å². The zero-order chi connectivity index (χ0) is 7.68. The Hall–Kier alpha value is -1.28. The minimum absolute atomic E-state index is 0.0812. The van der Waals surface area contributed by atoms with Gasteiger partial charge in [0.15, 0.2) is 0 Å². The first-order valence-corrected chi connectivity index (χ1v) is 3.49. The number of rotatable bonds is 1. The summed E-state index contributed by atoms with van der Waals surface area (Å²) in [6.07, 6.45) is 1.82. The first-order chi connectivity index (χ1) is 5.42. The number of fused-ring (bicyclic) bond motifs is 1. The van der Waals surface area contributed by atoms with Gasteiger partial charge < -0.3 is 10.1 Å². The molecule has 2 rings (SSSR count). The van der Waals surface area contributed by atoms with Crippen LogP contribution in [-0.4, -0.2) is 10.1 Å². The first-order valence-electron chi connectivity index (χ1n) is 3.49. The molecule has 0 saturated heterocycles. The summed E-state index contributed by atoms with van der Waals surface area (Å²) in [6, 6.07) is 8.62. The Labute approximate surface area is 64.5 Å². The van der Waals surface area contributed by atoms with E-state index in [9.17, 15) is 0 Å². The van der Waals surface area contributed by atoms with Gasteiger partial charge in [-0.3, -0.25) is 0 Å². The van der Waals surface area contributed by atoms with Gasteiger partial charge in [0.05, 0.1) is 6.61 Å². The molecule has 11 heavy (non-hydrogen) atoms. The van der Waals surface area contributed by atoms with Gasteiger partial charge in [0.2, 0.25) is 0 Å². The number of aliphatic hydroxyl groups excluding tert-OH is 1. The van der Waals surface area contributed by atoms with Crippen LogP contribution in [0.4, 0.5) is 0 Å². The normalized spacial score (nSPS) is 10.6. The van der Waals surface area contributed by atoms with Crippen molar-refractivity contribution in [2.24, 2.45) is 0 Å². The van der Waals surface area contributed by atoms with Crippen molar-refractivity contribution in [2.45, 2.75) is 6.61 Å². The number of aromatic nitrogens is 1. The molecule has 1 radical (unpaired) electrons. The molecule has 0 fully saturated rings. The van der Waals surface area contributed by atoms with Crippen molar-refractivity contribution in [3.8, 4) is 0 Å². The molecular formula is C9H8NO. The van der Waals surface area contributed by atoms with Crippen LogP contribution in [0, 0.1) is 6.07 Å². The number of aliphatic hydroxyl groups is 1. The molecule has 0 bridgehead atoms. The van der Waals surface area contributed by atoms with Crippen LogP contribution in [0.1, 0.15) is 5.56 Å². The molecule has 2 aromatic rings. The molecular weight excluding hydrogens is 138 g/mol. The summed E-state index contributed by atoms with van der Waals surface area (Å²) in [6.45, 7) is 0.0812. The molecule has 0 saturated carbocycles. The quantitative estimate of drug-likeness (QED) is 0.627. The van der Waals surface area contributed by atoms with Crippen molar-refractivity contribution in [3.63, 3.8) is 0 Å². The summed E-state index contributed by atoms with van der Waals surface area (Å²) in [5, 5.41) is 9.94. The van der Waals surface area contributed by atoms with Gasteiger partial charge in [0, 0.05) is 22.7 Å². The summed E-state index contributed by atoms with van der Waals surface area (Å²) in [5.41, 5.74) is 1.98. The molecule has 2 nitrogen and oxygen atoms in total. The van der Waals surface area contributed by atoms with Gasteiger partial charge in [-0.25, -0.2) is 0 Å². The highest BCUT2D eigenvalue weighted by atomic mass is 16.3. The van der Waals surface area contributed by atoms with Crippen LogP contribution in [0.3, 0.4) is 0 Å². The Morgan fingerprint density at radius 3 is 3.27 bits per heavy atom. The molecule has 0 spiro atoms. The average molecular weight is 146 g/mol. The number of aromatic amines is 1. The Balaban J connectivity index is 2.76. The van der Waals surface area contributed by atoms with Gasteiger partial charge in [-0.2, -0.15) is 0 Å². The highest BCUT2D eigenvalue weighted by Gasteiger charge is 1.99. The molecule has 0 amide bonds. The Bertz CT molecular complexity index is 364. The van der Waals surface area contributed by atoms with E-state index in [1.165, 1.54) is 0 Å². The molecule has 55 valence electrons. The van der Waals surface area contributed by atoms with Crippen LogP contribution < -0.4 is 0 Å². The second-order valence-electron chi connectivity index (χ2n) is 2.44. The van der Waals surface area contributed by atoms with E-state index in [0.717, 1.165) is 16.5 Å². The van der Waals surface area contributed by atoms with E-state index >= 15 is 0 Å². The minimum Gasteiger partial charge on any atom is -0.392 e. The number of nitrogens with one attached hydrogen (secondary N) is 1. The summed E-state index contributed by atoms with van der Waals surface area (Å²) < 4.78 is 0. The lowest BCUT2D eigenvalue weighted by Gasteiger charge is -1.89. The molecule has 2 N–H and O–H groups in total. The van der Waals surface area contributed by atoms with E-state index < -0.39 is 0 Å². The molecule has 0 aliphatic carbocycles. The van der Waals surface area contributed by atoms with Crippen molar-refractivity contribution in [3.05, 3.63) is 36.0 Å². The molecule has 2 heteroatoms. The number of hydrogen-bond acceptors (Lipinski definition) is 1. The highest BCUT2D eigenvalue weighted by molar-refractivity contribution is 5.82. The van der Waals surface area contributed by atoms with Crippen LogP contribution in [0.5, 0.6) is 0 Å². The number of benzene rings is 1. The molecule has 0 aliphatic heterocycles. The van der Waals surface area contributed by atoms with E-state index in [-0.39, 0.29) is 6.61 Å². The van der Waals surface area contributed by atoms with Crippen LogP contribution in [0.15, 0.2) is 24.4 Å². The monoisotopic (exact) mass is 146 g/mol. The van der Waals surface area contributed by atoms with Crippen molar-refractivity contribution < 1.29 is 5.11 Å². The second-order valence-corrected chi connectivity index (χ2v) is 2.44. The minimum atomic E-state index is 0.0812. The first kappa shape index (κ1) is 6.43. The van der Waals surface area contributed by atoms with E-state index in [1.807, 2.05) is 24.4 Å². The third kappa shape index (κ3) is 0.917. The lowest BCUT2D eigenvalue weighted by molar-refractivity contribution is 0.283. The van der Waals surface area contributed by atoms with E-state index in [2.05, 4.69) is 11.1 Å². The van der Waals surface area contributed by atoms with Crippen molar-refractivity contribution >= 4 is 10.9 Å². The van der Waals surface area contributed by atoms with Crippen molar-refractivity contribution in [1.29, 1.82) is 0 Å². The van der Waals surface area contributed by atoms with Gasteiger partial charge in [0.25, 0.3) is 0 Å². The van der Waals surface area contributed by atoms with Gasteiger partial charge in [0.1, 0.15) is 0 Å². The fourth-order valence-corrected chi connectivity index (χ4v) is 1.20. The molecule has 1 aromatic heterocycles. The smallest absolute Gasteiger partial charge is 0.0702 e. The van der Waals surface area contributed by atoms with Crippen molar-refractivity contribution in [1.82, 2.24) is 4.98 Å². The van der Waals surface area contributed by atoms with Gasteiger partial charge in [-0.1, -0.05) is 6.07 Å². The number of H-pyrrole nitrogens is 1. The van der Waals surface area contributed by atoms with E-state index in [4.69, 9.17) is 5.11 Å². The maximum atomic E-state index is 8.89. The third-order valence-electron chi connectivity index (χ3n) is 1.78. The van der Waals surface area contributed by atoms with Crippen molar-refractivity contribution in [2.75, 3.05) is 0 Å². The maximum Gasteiger partial charge on any atom is 0.0702 e. The molecule has 1 heterocycles. The summed E-state index contributed by atoms with van der Waals surface area (Å²) in [7, 11) is 0. The topological polar surface area (TPSA) is 36.0 Å². The molecule has 1 aromatic carbocycles. The lowest BCUT2D eigenvalue weighted by atomic mass is 10.2. The number of hydrogen-bond donors (Lipinski definition) is 2. The SMILES string of the molecule is OCc1c[nH]c2cc[c]cc12. The van der Waals surface area contributed by atoms with E-state index in [0.29, 0.717) is 0 Å². The highest BCUT2D eigenvalue weighted by Crippen LogP contribution is 2.16. The summed E-state index contributed by atoms with van der Waals surface area (Å²) in [5.74, 6) is 0. The zero-order valence-electron chi connectivity index (χ0n) is 5.96. The Morgan fingerprint density at radius 2 is 2.45 bits per heavy atom. The van der Waals surface area contributed by atoms with Gasteiger partial charge in [-0.15, -0.1) is 0 Å².